The topological polar surface area (TPSA) is 93.0 Å². The minimum atomic E-state index is -0.285. The Bertz CT molecular complexity index is 1070. The molecule has 1 aliphatic heterocycles. The van der Waals surface area contributed by atoms with Crippen molar-refractivity contribution in [3.8, 4) is 0 Å². The molecule has 0 saturated carbocycles. The molecular formula is C20H22N6O2. The van der Waals surface area contributed by atoms with Crippen LogP contribution in [0.3, 0.4) is 0 Å². The minimum Gasteiger partial charge on any atom is -0.357 e. The Labute approximate surface area is 162 Å². The van der Waals surface area contributed by atoms with Crippen LogP contribution in [-0.4, -0.2) is 38.5 Å². The molecule has 8 nitrogen and oxygen atoms in total. The number of aromatic nitrogens is 4. The van der Waals surface area contributed by atoms with Gasteiger partial charge in [0.25, 0.3) is 5.56 Å². The molecule has 4 rings (SSSR count). The van der Waals surface area contributed by atoms with Crippen LogP contribution in [0.2, 0.25) is 0 Å². The summed E-state index contributed by atoms with van der Waals surface area (Å²) in [6.45, 7) is 4.05. The Kier molecular flexibility index (Phi) is 5.01. The van der Waals surface area contributed by atoms with Crippen LogP contribution in [0, 0.1) is 6.92 Å². The van der Waals surface area contributed by atoms with E-state index in [1.165, 1.54) is 23.7 Å². The SMILES string of the molecule is Cc1cc(N2CCCC2)nc(CNC(=O)Cn2cnc3ccccc3c2=O)n1. The van der Waals surface area contributed by atoms with Gasteiger partial charge in [-0.2, -0.15) is 0 Å². The van der Waals surface area contributed by atoms with E-state index in [4.69, 9.17) is 0 Å². The van der Waals surface area contributed by atoms with Crippen molar-refractivity contribution in [2.75, 3.05) is 18.0 Å². The molecule has 1 fully saturated rings. The number of aryl methyl sites for hydroxylation is 1. The molecule has 0 bridgehead atoms. The summed E-state index contributed by atoms with van der Waals surface area (Å²) >= 11 is 0. The maximum absolute atomic E-state index is 12.5. The number of carbonyl (C=O) groups excluding carboxylic acids is 1. The zero-order chi connectivity index (χ0) is 19.5. The molecular weight excluding hydrogens is 356 g/mol. The van der Waals surface area contributed by atoms with Crippen molar-refractivity contribution in [2.45, 2.75) is 32.9 Å². The summed E-state index contributed by atoms with van der Waals surface area (Å²) in [7, 11) is 0. The summed E-state index contributed by atoms with van der Waals surface area (Å²) in [6.07, 6.45) is 3.74. The molecule has 2 aromatic heterocycles. The van der Waals surface area contributed by atoms with Gasteiger partial charge >= 0.3 is 0 Å². The molecule has 0 spiro atoms. The van der Waals surface area contributed by atoms with Crippen LogP contribution in [0.25, 0.3) is 10.9 Å². The quantitative estimate of drug-likeness (QED) is 0.722. The molecule has 8 heteroatoms. The molecule has 144 valence electrons. The van der Waals surface area contributed by atoms with Gasteiger partial charge in [-0.15, -0.1) is 0 Å². The van der Waals surface area contributed by atoms with Gasteiger partial charge in [0.1, 0.15) is 18.2 Å². The highest BCUT2D eigenvalue weighted by atomic mass is 16.2. The zero-order valence-corrected chi connectivity index (χ0v) is 15.8. The Morgan fingerprint density at radius 1 is 1.18 bits per heavy atom. The lowest BCUT2D eigenvalue weighted by atomic mass is 10.2. The van der Waals surface area contributed by atoms with Gasteiger partial charge in [-0.25, -0.2) is 15.0 Å². The second-order valence-electron chi connectivity index (χ2n) is 6.95. The number of fused-ring (bicyclic) bond motifs is 1. The molecule has 1 saturated heterocycles. The van der Waals surface area contributed by atoms with Crippen molar-refractivity contribution in [3.05, 3.63) is 58.5 Å². The number of hydrogen-bond donors (Lipinski definition) is 1. The van der Waals surface area contributed by atoms with Gasteiger partial charge in [-0.05, 0) is 31.9 Å². The Morgan fingerprint density at radius 3 is 2.79 bits per heavy atom. The van der Waals surface area contributed by atoms with Crippen LogP contribution in [0.5, 0.6) is 0 Å². The summed E-state index contributed by atoms with van der Waals surface area (Å²) in [4.78, 5) is 40.3. The number of benzene rings is 1. The van der Waals surface area contributed by atoms with E-state index in [9.17, 15) is 9.59 Å². The normalized spacial score (nSPS) is 13.8. The highest BCUT2D eigenvalue weighted by Gasteiger charge is 2.15. The first-order valence-corrected chi connectivity index (χ1v) is 9.40. The van der Waals surface area contributed by atoms with Crippen LogP contribution >= 0.6 is 0 Å². The van der Waals surface area contributed by atoms with Crippen molar-refractivity contribution in [1.29, 1.82) is 0 Å². The number of carbonyl (C=O) groups is 1. The monoisotopic (exact) mass is 378 g/mol. The van der Waals surface area contributed by atoms with Crippen molar-refractivity contribution >= 4 is 22.6 Å². The molecule has 1 aromatic carbocycles. The number of amides is 1. The van der Waals surface area contributed by atoms with Gasteiger partial charge in [-0.3, -0.25) is 14.2 Å². The molecule has 1 aliphatic rings. The average molecular weight is 378 g/mol. The highest BCUT2D eigenvalue weighted by Crippen LogP contribution is 2.18. The number of anilines is 1. The summed E-state index contributed by atoms with van der Waals surface area (Å²) < 4.78 is 1.31. The second kappa shape index (κ2) is 7.75. The Morgan fingerprint density at radius 2 is 1.96 bits per heavy atom. The Hall–Kier alpha value is -3.29. The number of nitrogens with zero attached hydrogens (tertiary/aromatic N) is 5. The van der Waals surface area contributed by atoms with Crippen LogP contribution < -0.4 is 15.8 Å². The van der Waals surface area contributed by atoms with Gasteiger partial charge in [0.15, 0.2) is 0 Å². The fraction of sp³-hybridized carbons (Fsp3) is 0.350. The van der Waals surface area contributed by atoms with Crippen LogP contribution in [-0.2, 0) is 17.9 Å². The largest absolute Gasteiger partial charge is 0.357 e. The smallest absolute Gasteiger partial charge is 0.261 e. The molecule has 1 amide bonds. The third kappa shape index (κ3) is 3.85. The summed E-state index contributed by atoms with van der Waals surface area (Å²) in [5.41, 5.74) is 1.26. The number of hydrogen-bond acceptors (Lipinski definition) is 6. The van der Waals surface area contributed by atoms with Crippen LogP contribution in [0.1, 0.15) is 24.4 Å². The minimum absolute atomic E-state index is 0.0958. The maximum atomic E-state index is 12.5. The van der Waals surface area contributed by atoms with Gasteiger partial charge in [0.2, 0.25) is 5.91 Å². The van der Waals surface area contributed by atoms with Gasteiger partial charge in [0.05, 0.1) is 23.8 Å². The number of para-hydroxylation sites is 1. The van der Waals surface area contributed by atoms with E-state index in [0.717, 1.165) is 24.6 Å². The zero-order valence-electron chi connectivity index (χ0n) is 15.8. The third-order valence-electron chi connectivity index (χ3n) is 4.81. The maximum Gasteiger partial charge on any atom is 0.261 e. The molecule has 1 N–H and O–H groups in total. The van der Waals surface area contributed by atoms with Crippen molar-refractivity contribution in [2.24, 2.45) is 0 Å². The lowest BCUT2D eigenvalue weighted by molar-refractivity contribution is -0.121. The molecule has 0 radical (unpaired) electrons. The molecule has 0 atom stereocenters. The van der Waals surface area contributed by atoms with Crippen LogP contribution in [0.4, 0.5) is 5.82 Å². The number of nitrogens with one attached hydrogen (secondary N) is 1. The fourth-order valence-corrected chi connectivity index (χ4v) is 3.41. The van der Waals surface area contributed by atoms with E-state index < -0.39 is 0 Å². The van der Waals surface area contributed by atoms with E-state index in [0.29, 0.717) is 16.7 Å². The van der Waals surface area contributed by atoms with Crippen molar-refractivity contribution in [1.82, 2.24) is 24.8 Å². The lowest BCUT2D eigenvalue weighted by Gasteiger charge is -2.17. The van der Waals surface area contributed by atoms with Crippen molar-refractivity contribution in [3.63, 3.8) is 0 Å². The summed E-state index contributed by atoms with van der Waals surface area (Å²) in [6, 6.07) is 9.05. The molecule has 3 heterocycles. The van der Waals surface area contributed by atoms with Crippen LogP contribution in [0.15, 0.2) is 41.5 Å². The van der Waals surface area contributed by atoms with Gasteiger partial charge < -0.3 is 10.2 Å². The van der Waals surface area contributed by atoms with E-state index in [2.05, 4.69) is 25.2 Å². The predicted octanol–water partition coefficient (Wildman–Crippen LogP) is 1.41. The first-order chi connectivity index (χ1) is 13.6. The third-order valence-corrected chi connectivity index (χ3v) is 4.81. The molecule has 0 unspecified atom stereocenters. The molecule has 0 aliphatic carbocycles. The van der Waals surface area contributed by atoms with E-state index in [1.54, 1.807) is 18.2 Å². The van der Waals surface area contributed by atoms with Crippen molar-refractivity contribution < 1.29 is 4.79 Å². The van der Waals surface area contributed by atoms with E-state index >= 15 is 0 Å². The predicted molar refractivity (Wildman–Crippen MR) is 106 cm³/mol. The first-order valence-electron chi connectivity index (χ1n) is 9.40. The van der Waals surface area contributed by atoms with Gasteiger partial charge in [-0.1, -0.05) is 12.1 Å². The second-order valence-corrected chi connectivity index (χ2v) is 6.95. The Balaban J connectivity index is 1.44. The fourth-order valence-electron chi connectivity index (χ4n) is 3.41. The summed E-state index contributed by atoms with van der Waals surface area (Å²) in [5, 5.41) is 3.29. The average Bonchev–Trinajstić information content (AvgIpc) is 3.23. The number of rotatable bonds is 5. The standard InChI is InChI=1S/C20H22N6O2/c1-14-10-18(25-8-4-5-9-25)24-17(23-14)11-21-19(27)12-26-13-22-16-7-3-2-6-15(16)20(26)28/h2-3,6-7,10,13H,4-5,8-9,11-12H2,1H3,(H,21,27). The van der Waals surface area contributed by atoms with E-state index in [-0.39, 0.29) is 24.6 Å². The highest BCUT2D eigenvalue weighted by molar-refractivity contribution is 5.78. The molecule has 28 heavy (non-hydrogen) atoms. The lowest BCUT2D eigenvalue weighted by Crippen LogP contribution is -2.32. The summed E-state index contributed by atoms with van der Waals surface area (Å²) in [5.74, 6) is 1.19. The molecule has 3 aromatic rings. The first kappa shape index (κ1) is 18.1. The van der Waals surface area contributed by atoms with E-state index in [1.807, 2.05) is 19.1 Å². The van der Waals surface area contributed by atoms with Gasteiger partial charge in [0, 0.05) is 24.8 Å².